The van der Waals surface area contributed by atoms with E-state index in [2.05, 4.69) is 5.32 Å². The number of ether oxygens (including phenoxy) is 1. The quantitative estimate of drug-likeness (QED) is 0.758. The lowest BCUT2D eigenvalue weighted by Gasteiger charge is -2.37. The molecule has 0 radical (unpaired) electrons. The van der Waals surface area contributed by atoms with Crippen molar-refractivity contribution in [3.63, 3.8) is 0 Å². The lowest BCUT2D eigenvalue weighted by molar-refractivity contribution is -0.154. The van der Waals surface area contributed by atoms with Crippen molar-refractivity contribution in [1.29, 1.82) is 0 Å². The number of anilines is 1. The third kappa shape index (κ3) is 3.75. The summed E-state index contributed by atoms with van der Waals surface area (Å²) in [6, 6.07) is 17.2. The van der Waals surface area contributed by atoms with Gasteiger partial charge in [0.15, 0.2) is 0 Å². The van der Waals surface area contributed by atoms with Gasteiger partial charge in [-0.1, -0.05) is 44.2 Å². The first-order valence-electron chi connectivity index (χ1n) is 9.55. The van der Waals surface area contributed by atoms with Gasteiger partial charge in [-0.05, 0) is 55.0 Å². The van der Waals surface area contributed by atoms with E-state index in [0.29, 0.717) is 25.1 Å². The molecule has 28 heavy (non-hydrogen) atoms. The Labute approximate surface area is 165 Å². The van der Waals surface area contributed by atoms with Gasteiger partial charge in [0.1, 0.15) is 12.4 Å². The summed E-state index contributed by atoms with van der Waals surface area (Å²) in [6.45, 7) is 5.97. The van der Waals surface area contributed by atoms with Crippen LogP contribution in [0.1, 0.15) is 39.2 Å². The molecule has 0 aromatic heterocycles. The summed E-state index contributed by atoms with van der Waals surface area (Å²) >= 11 is 0. The molecule has 1 saturated carbocycles. The van der Waals surface area contributed by atoms with Gasteiger partial charge in [-0.25, -0.2) is 0 Å². The number of carbonyl (C=O) groups excluding carboxylic acids is 1. The molecule has 0 bridgehead atoms. The molecule has 2 unspecified atom stereocenters. The number of amides is 1. The van der Waals surface area contributed by atoms with Gasteiger partial charge in [0, 0.05) is 11.6 Å². The molecule has 1 aliphatic rings. The molecule has 3 rings (SSSR count). The van der Waals surface area contributed by atoms with Crippen LogP contribution < -0.4 is 10.1 Å². The van der Waals surface area contributed by atoms with Gasteiger partial charge in [0.2, 0.25) is 5.91 Å². The number of carboxylic acid groups (broad SMARTS) is 1. The Morgan fingerprint density at radius 1 is 1.07 bits per heavy atom. The fourth-order valence-electron chi connectivity index (χ4n) is 3.95. The van der Waals surface area contributed by atoms with Gasteiger partial charge >= 0.3 is 5.97 Å². The minimum Gasteiger partial charge on any atom is -0.489 e. The van der Waals surface area contributed by atoms with Gasteiger partial charge in [0.05, 0.1) is 5.41 Å². The van der Waals surface area contributed by atoms with Crippen LogP contribution in [0.3, 0.4) is 0 Å². The molecular formula is C23H27NO4. The number of nitrogens with one attached hydrogen (secondary N) is 1. The van der Waals surface area contributed by atoms with Crippen LogP contribution in [0.4, 0.5) is 5.69 Å². The Hall–Kier alpha value is -2.82. The number of carbonyl (C=O) groups is 2. The highest BCUT2D eigenvalue weighted by Gasteiger charge is 2.58. The lowest BCUT2D eigenvalue weighted by atomic mass is 9.65. The molecule has 5 nitrogen and oxygen atoms in total. The number of aliphatic carboxylic acids is 1. The van der Waals surface area contributed by atoms with E-state index < -0.39 is 16.8 Å². The van der Waals surface area contributed by atoms with Crippen molar-refractivity contribution >= 4 is 17.6 Å². The molecular weight excluding hydrogens is 354 g/mol. The van der Waals surface area contributed by atoms with E-state index in [4.69, 9.17) is 4.74 Å². The van der Waals surface area contributed by atoms with Gasteiger partial charge in [0.25, 0.3) is 0 Å². The van der Waals surface area contributed by atoms with Crippen molar-refractivity contribution in [3.8, 4) is 5.75 Å². The van der Waals surface area contributed by atoms with Crippen LogP contribution >= 0.6 is 0 Å². The largest absolute Gasteiger partial charge is 0.489 e. The summed E-state index contributed by atoms with van der Waals surface area (Å²) in [5.74, 6) is -0.593. The summed E-state index contributed by atoms with van der Waals surface area (Å²) in [5, 5.41) is 12.5. The Morgan fingerprint density at radius 2 is 1.71 bits per heavy atom. The molecule has 5 heteroatoms. The molecule has 1 aliphatic carbocycles. The molecule has 0 aliphatic heterocycles. The van der Waals surface area contributed by atoms with Crippen LogP contribution in [0.25, 0.3) is 0 Å². The van der Waals surface area contributed by atoms with Gasteiger partial charge in [-0.3, -0.25) is 9.59 Å². The molecule has 2 aromatic carbocycles. The van der Waals surface area contributed by atoms with Crippen LogP contribution in [0, 0.1) is 16.7 Å². The first kappa shape index (κ1) is 19.9. The van der Waals surface area contributed by atoms with Gasteiger partial charge in [-0.15, -0.1) is 0 Å². The predicted octanol–water partition coefficient (Wildman–Crippen LogP) is 4.73. The maximum absolute atomic E-state index is 12.8. The zero-order chi connectivity index (χ0) is 20.4. The van der Waals surface area contributed by atoms with Crippen molar-refractivity contribution in [2.75, 3.05) is 5.32 Å². The highest BCUT2D eigenvalue weighted by Crippen LogP contribution is 2.56. The van der Waals surface area contributed by atoms with Crippen molar-refractivity contribution in [2.24, 2.45) is 16.7 Å². The molecule has 1 fully saturated rings. The predicted molar refractivity (Wildman–Crippen MR) is 108 cm³/mol. The van der Waals surface area contributed by atoms with Crippen LogP contribution in [-0.2, 0) is 16.2 Å². The molecule has 2 aromatic rings. The zero-order valence-electron chi connectivity index (χ0n) is 16.6. The van der Waals surface area contributed by atoms with E-state index in [9.17, 15) is 14.7 Å². The molecule has 0 saturated heterocycles. The zero-order valence-corrected chi connectivity index (χ0v) is 16.6. The monoisotopic (exact) mass is 381 g/mol. The van der Waals surface area contributed by atoms with Crippen molar-refractivity contribution in [2.45, 2.75) is 40.2 Å². The topological polar surface area (TPSA) is 75.6 Å². The minimum absolute atomic E-state index is 0.132. The van der Waals surface area contributed by atoms with Crippen molar-refractivity contribution < 1.29 is 19.4 Å². The highest BCUT2D eigenvalue weighted by molar-refractivity contribution is 5.94. The summed E-state index contributed by atoms with van der Waals surface area (Å²) in [7, 11) is 0. The molecule has 1 amide bonds. The second kappa shape index (κ2) is 7.66. The Morgan fingerprint density at radius 3 is 2.29 bits per heavy atom. The van der Waals surface area contributed by atoms with E-state index in [1.54, 1.807) is 19.1 Å². The third-order valence-corrected chi connectivity index (χ3v) is 6.38. The van der Waals surface area contributed by atoms with Crippen LogP contribution in [-0.4, -0.2) is 17.0 Å². The second-order valence-corrected chi connectivity index (χ2v) is 8.24. The normalized spacial score (nSPS) is 23.2. The third-order valence-electron chi connectivity index (χ3n) is 6.38. The Kier molecular flexibility index (Phi) is 5.45. The van der Waals surface area contributed by atoms with E-state index in [-0.39, 0.29) is 11.8 Å². The number of rotatable bonds is 6. The first-order chi connectivity index (χ1) is 13.2. The number of hydrogen-bond acceptors (Lipinski definition) is 3. The average Bonchev–Trinajstić information content (AvgIpc) is 2.92. The maximum atomic E-state index is 12.8. The summed E-state index contributed by atoms with van der Waals surface area (Å²) in [6.07, 6.45) is 1.07. The standard InChI is InChI=1S/C23H27NO4/c1-22(2)19(13-14-23(22,3)21(26)27)20(25)24-17-9-11-18(12-10-17)28-15-16-7-5-4-6-8-16/h4-12,19H,13-15H2,1-3H3,(H,24,25)(H,26,27). The van der Waals surface area contributed by atoms with Gasteiger partial charge in [-0.2, -0.15) is 0 Å². The highest BCUT2D eigenvalue weighted by atomic mass is 16.5. The molecule has 2 N–H and O–H groups in total. The molecule has 0 spiro atoms. The summed E-state index contributed by atoms with van der Waals surface area (Å²) < 4.78 is 5.76. The van der Waals surface area contributed by atoms with Crippen LogP contribution in [0.2, 0.25) is 0 Å². The SMILES string of the molecule is CC1(C(=O)O)CCC(C(=O)Nc2ccc(OCc3ccccc3)cc2)C1(C)C. The van der Waals surface area contributed by atoms with Crippen molar-refractivity contribution in [1.82, 2.24) is 0 Å². The lowest BCUT2D eigenvalue weighted by Crippen LogP contribution is -2.43. The second-order valence-electron chi connectivity index (χ2n) is 8.24. The number of carboxylic acids is 1. The molecule has 0 heterocycles. The Bertz CT molecular complexity index is 845. The van der Waals surface area contributed by atoms with E-state index in [1.165, 1.54) is 0 Å². The fourth-order valence-corrected chi connectivity index (χ4v) is 3.95. The summed E-state index contributed by atoms with van der Waals surface area (Å²) in [4.78, 5) is 24.5. The van der Waals surface area contributed by atoms with E-state index >= 15 is 0 Å². The maximum Gasteiger partial charge on any atom is 0.309 e. The summed E-state index contributed by atoms with van der Waals surface area (Å²) in [5.41, 5.74) is 0.243. The van der Waals surface area contributed by atoms with Crippen LogP contribution in [0.5, 0.6) is 5.75 Å². The number of benzene rings is 2. The van der Waals surface area contributed by atoms with E-state index in [0.717, 1.165) is 11.3 Å². The average molecular weight is 381 g/mol. The van der Waals surface area contributed by atoms with E-state index in [1.807, 2.05) is 56.3 Å². The van der Waals surface area contributed by atoms with Crippen LogP contribution in [0.15, 0.2) is 54.6 Å². The number of hydrogen-bond donors (Lipinski definition) is 2. The molecule has 148 valence electrons. The smallest absolute Gasteiger partial charge is 0.309 e. The van der Waals surface area contributed by atoms with Gasteiger partial charge < -0.3 is 15.2 Å². The minimum atomic E-state index is -0.899. The fraction of sp³-hybridized carbons (Fsp3) is 0.391. The Balaban J connectivity index is 1.61. The van der Waals surface area contributed by atoms with Crippen molar-refractivity contribution in [3.05, 3.63) is 60.2 Å². The molecule has 2 atom stereocenters. The first-order valence-corrected chi connectivity index (χ1v) is 9.55.